The van der Waals surface area contributed by atoms with Gasteiger partial charge in [-0.1, -0.05) is 0 Å². The number of fused-ring (bicyclic) bond motifs is 1. The van der Waals surface area contributed by atoms with Gasteiger partial charge in [0.25, 0.3) is 5.56 Å². The Hall–Kier alpha value is -1.91. The number of rotatable bonds is 1. The zero-order chi connectivity index (χ0) is 12.7. The first-order valence-electron chi connectivity index (χ1n) is 5.95. The number of aromatic nitrogens is 2. The molecule has 0 spiro atoms. The minimum Gasteiger partial charge on any atom is -0.295 e. The molecule has 1 heterocycles. The highest BCUT2D eigenvalue weighted by Crippen LogP contribution is 2.19. The van der Waals surface area contributed by atoms with E-state index in [-0.39, 0.29) is 11.2 Å². The Kier molecular flexibility index (Phi) is 2.54. The average molecular weight is 250 g/mol. The second-order valence-electron chi connectivity index (χ2n) is 4.51. The minimum atomic E-state index is -0.740. The fourth-order valence-corrected chi connectivity index (χ4v) is 2.42. The summed E-state index contributed by atoms with van der Waals surface area (Å²) < 4.78 is 27.7. The lowest BCUT2D eigenvalue weighted by atomic mass is 9.98. The van der Waals surface area contributed by atoms with E-state index < -0.39 is 11.6 Å². The molecule has 0 atom stereocenters. The lowest BCUT2D eigenvalue weighted by Crippen LogP contribution is -2.19. The molecule has 0 saturated carbocycles. The molecular formula is C13H12F2N2O. The van der Waals surface area contributed by atoms with Gasteiger partial charge in [0.15, 0.2) is 5.82 Å². The molecule has 0 fully saturated rings. The van der Waals surface area contributed by atoms with Crippen molar-refractivity contribution in [3.05, 3.63) is 51.4 Å². The molecule has 0 saturated heterocycles. The SMILES string of the molecule is O=c1c2c([nH]n1-c1ccc(F)cc1F)CCCC2. The molecule has 18 heavy (non-hydrogen) atoms. The first-order chi connectivity index (χ1) is 8.66. The Balaban J connectivity index is 2.17. The number of halogens is 2. The van der Waals surface area contributed by atoms with Crippen LogP contribution in [-0.4, -0.2) is 9.78 Å². The van der Waals surface area contributed by atoms with E-state index in [2.05, 4.69) is 5.10 Å². The van der Waals surface area contributed by atoms with Crippen LogP contribution in [-0.2, 0) is 12.8 Å². The third-order valence-electron chi connectivity index (χ3n) is 3.33. The number of benzene rings is 1. The van der Waals surface area contributed by atoms with E-state index in [9.17, 15) is 13.6 Å². The van der Waals surface area contributed by atoms with Crippen LogP contribution in [0.25, 0.3) is 5.69 Å². The zero-order valence-corrected chi connectivity index (χ0v) is 9.67. The molecule has 2 aromatic rings. The Labute approximate surface area is 102 Å². The summed E-state index contributed by atoms with van der Waals surface area (Å²) in [6, 6.07) is 3.19. The van der Waals surface area contributed by atoms with Gasteiger partial charge in [-0.15, -0.1) is 0 Å². The molecule has 0 radical (unpaired) electrons. The first-order valence-corrected chi connectivity index (χ1v) is 5.95. The Bertz CT molecular complexity index is 657. The Morgan fingerprint density at radius 2 is 1.94 bits per heavy atom. The van der Waals surface area contributed by atoms with E-state index in [1.165, 1.54) is 10.7 Å². The van der Waals surface area contributed by atoms with Crippen molar-refractivity contribution < 1.29 is 8.78 Å². The Morgan fingerprint density at radius 1 is 1.17 bits per heavy atom. The van der Waals surface area contributed by atoms with Crippen LogP contribution in [0, 0.1) is 11.6 Å². The predicted octanol–water partition coefficient (Wildman–Crippen LogP) is 2.32. The summed E-state index contributed by atoms with van der Waals surface area (Å²) >= 11 is 0. The van der Waals surface area contributed by atoms with Crippen molar-refractivity contribution in [2.75, 3.05) is 0 Å². The fourth-order valence-electron chi connectivity index (χ4n) is 2.42. The molecule has 0 aliphatic heterocycles. The van der Waals surface area contributed by atoms with Crippen LogP contribution in [0.2, 0.25) is 0 Å². The van der Waals surface area contributed by atoms with Gasteiger partial charge in [-0.3, -0.25) is 9.89 Å². The van der Waals surface area contributed by atoms with Crippen molar-refractivity contribution in [1.82, 2.24) is 9.78 Å². The third kappa shape index (κ3) is 1.66. The van der Waals surface area contributed by atoms with E-state index in [0.29, 0.717) is 0 Å². The molecule has 5 heteroatoms. The highest BCUT2D eigenvalue weighted by Gasteiger charge is 2.19. The first kappa shape index (κ1) is 11.2. The van der Waals surface area contributed by atoms with Gasteiger partial charge < -0.3 is 0 Å². The molecule has 1 aliphatic rings. The monoisotopic (exact) mass is 250 g/mol. The second-order valence-corrected chi connectivity index (χ2v) is 4.51. The summed E-state index contributed by atoms with van der Waals surface area (Å²) in [5.41, 5.74) is 1.44. The van der Waals surface area contributed by atoms with Crippen LogP contribution in [0.3, 0.4) is 0 Å². The maximum absolute atomic E-state index is 13.7. The largest absolute Gasteiger partial charge is 0.295 e. The highest BCUT2D eigenvalue weighted by atomic mass is 19.1. The van der Waals surface area contributed by atoms with Crippen LogP contribution < -0.4 is 5.56 Å². The lowest BCUT2D eigenvalue weighted by molar-refractivity contribution is 0.571. The molecule has 3 rings (SSSR count). The van der Waals surface area contributed by atoms with Gasteiger partial charge in [-0.05, 0) is 37.8 Å². The number of aromatic amines is 1. The molecule has 0 amide bonds. The topological polar surface area (TPSA) is 37.8 Å². The van der Waals surface area contributed by atoms with Crippen molar-refractivity contribution in [2.45, 2.75) is 25.7 Å². The van der Waals surface area contributed by atoms with Crippen LogP contribution in [0.5, 0.6) is 0 Å². The maximum atomic E-state index is 13.7. The van der Waals surface area contributed by atoms with Gasteiger partial charge in [0.2, 0.25) is 0 Å². The number of hydrogen-bond donors (Lipinski definition) is 1. The van der Waals surface area contributed by atoms with Gasteiger partial charge in [-0.2, -0.15) is 0 Å². The standard InChI is InChI=1S/C13H12F2N2O/c14-8-5-6-12(10(15)7-8)17-13(18)9-3-1-2-4-11(9)16-17/h5-7,16H,1-4H2. The van der Waals surface area contributed by atoms with Crippen molar-refractivity contribution in [3.8, 4) is 5.69 Å². The molecule has 1 aromatic carbocycles. The summed E-state index contributed by atoms with van der Waals surface area (Å²) in [6.45, 7) is 0. The smallest absolute Gasteiger partial charge is 0.274 e. The molecular weight excluding hydrogens is 238 g/mol. The highest BCUT2D eigenvalue weighted by molar-refractivity contribution is 5.35. The molecule has 1 aromatic heterocycles. The van der Waals surface area contributed by atoms with Gasteiger partial charge >= 0.3 is 0 Å². The molecule has 1 N–H and O–H groups in total. The molecule has 1 aliphatic carbocycles. The maximum Gasteiger partial charge on any atom is 0.274 e. The summed E-state index contributed by atoms with van der Waals surface area (Å²) in [4.78, 5) is 12.1. The summed E-state index contributed by atoms with van der Waals surface area (Å²) in [5, 5.41) is 2.92. The van der Waals surface area contributed by atoms with E-state index in [0.717, 1.165) is 49.1 Å². The number of aryl methyl sites for hydroxylation is 1. The van der Waals surface area contributed by atoms with Crippen molar-refractivity contribution in [2.24, 2.45) is 0 Å². The number of hydrogen-bond acceptors (Lipinski definition) is 1. The van der Waals surface area contributed by atoms with Crippen LogP contribution in [0.1, 0.15) is 24.1 Å². The van der Waals surface area contributed by atoms with Crippen molar-refractivity contribution in [3.63, 3.8) is 0 Å². The number of nitrogens with zero attached hydrogens (tertiary/aromatic N) is 1. The zero-order valence-electron chi connectivity index (χ0n) is 9.67. The van der Waals surface area contributed by atoms with Gasteiger partial charge in [-0.25, -0.2) is 13.5 Å². The summed E-state index contributed by atoms with van der Waals surface area (Å²) in [5.74, 6) is -1.39. The van der Waals surface area contributed by atoms with Gasteiger partial charge in [0, 0.05) is 17.3 Å². The van der Waals surface area contributed by atoms with E-state index >= 15 is 0 Å². The van der Waals surface area contributed by atoms with E-state index in [1.807, 2.05) is 0 Å². The van der Waals surface area contributed by atoms with Crippen LogP contribution in [0.4, 0.5) is 8.78 Å². The third-order valence-corrected chi connectivity index (χ3v) is 3.33. The average Bonchev–Trinajstić information content (AvgIpc) is 2.68. The van der Waals surface area contributed by atoms with Crippen molar-refractivity contribution in [1.29, 1.82) is 0 Å². The molecule has 0 unspecified atom stereocenters. The summed E-state index contributed by atoms with van der Waals surface area (Å²) in [6.07, 6.45) is 3.53. The number of H-pyrrole nitrogens is 1. The Morgan fingerprint density at radius 3 is 2.67 bits per heavy atom. The molecule has 0 bridgehead atoms. The van der Waals surface area contributed by atoms with Crippen LogP contribution in [0.15, 0.2) is 23.0 Å². The van der Waals surface area contributed by atoms with E-state index in [1.54, 1.807) is 0 Å². The fraction of sp³-hybridized carbons (Fsp3) is 0.308. The lowest BCUT2D eigenvalue weighted by Gasteiger charge is -2.07. The normalized spacial score (nSPS) is 14.6. The van der Waals surface area contributed by atoms with E-state index in [4.69, 9.17) is 0 Å². The molecule has 94 valence electrons. The van der Waals surface area contributed by atoms with Crippen LogP contribution >= 0.6 is 0 Å². The second kappa shape index (κ2) is 4.08. The predicted molar refractivity (Wildman–Crippen MR) is 62.9 cm³/mol. The number of nitrogens with one attached hydrogen (secondary N) is 1. The van der Waals surface area contributed by atoms with Crippen molar-refractivity contribution >= 4 is 0 Å². The molecule has 3 nitrogen and oxygen atoms in total. The van der Waals surface area contributed by atoms with Gasteiger partial charge in [0.05, 0.1) is 0 Å². The van der Waals surface area contributed by atoms with Gasteiger partial charge in [0.1, 0.15) is 11.5 Å². The summed E-state index contributed by atoms with van der Waals surface area (Å²) in [7, 11) is 0. The minimum absolute atomic E-state index is 0.0656. The quantitative estimate of drug-likeness (QED) is 0.828.